The number of nitrogens with one attached hydrogen (secondary N) is 2. The highest BCUT2D eigenvalue weighted by Gasteiger charge is 2.52. The zero-order valence-electron chi connectivity index (χ0n) is 15.7. The minimum Gasteiger partial charge on any atom is -0.480 e. The Balaban J connectivity index is 1.99. The maximum absolute atomic E-state index is 12.8. The Morgan fingerprint density at radius 1 is 1.31 bits per heavy atom. The highest BCUT2D eigenvalue weighted by molar-refractivity contribution is 6.09. The Hall–Kier alpha value is -2.12. The van der Waals surface area contributed by atoms with Crippen LogP contribution in [0.1, 0.15) is 59.3 Å². The van der Waals surface area contributed by atoms with Gasteiger partial charge in [0.2, 0.25) is 5.91 Å². The number of urea groups is 1. The van der Waals surface area contributed by atoms with Gasteiger partial charge in [0.05, 0.1) is 0 Å². The highest BCUT2D eigenvalue weighted by Crippen LogP contribution is 2.37. The number of carboxylic acid groups (broad SMARTS) is 1. The summed E-state index contributed by atoms with van der Waals surface area (Å²) in [7, 11) is 0. The molecule has 2 rings (SSSR count). The molecule has 1 saturated carbocycles. The maximum atomic E-state index is 12.8. The van der Waals surface area contributed by atoms with Crippen molar-refractivity contribution in [2.75, 3.05) is 6.54 Å². The van der Waals surface area contributed by atoms with Gasteiger partial charge in [0, 0.05) is 0 Å². The number of carboxylic acids is 1. The molecule has 3 N–H and O–H groups in total. The van der Waals surface area contributed by atoms with E-state index in [1.54, 1.807) is 0 Å². The molecule has 0 unspecified atom stereocenters. The summed E-state index contributed by atoms with van der Waals surface area (Å²) in [6.45, 7) is 5.38. The van der Waals surface area contributed by atoms with Crippen molar-refractivity contribution in [3.05, 3.63) is 0 Å². The maximum Gasteiger partial charge on any atom is 0.326 e. The third-order valence-corrected chi connectivity index (χ3v) is 5.42. The lowest BCUT2D eigenvalue weighted by molar-refractivity contribution is -0.142. The molecule has 0 aromatic carbocycles. The first-order valence-corrected chi connectivity index (χ1v) is 9.34. The summed E-state index contributed by atoms with van der Waals surface area (Å²) in [5.41, 5.74) is -0.896. The molecule has 1 aliphatic carbocycles. The molecule has 1 atom stereocenters. The zero-order valence-corrected chi connectivity index (χ0v) is 15.7. The van der Waals surface area contributed by atoms with Gasteiger partial charge in [-0.1, -0.05) is 27.2 Å². The molecule has 1 spiro atoms. The number of carbonyl (C=O) groups excluding carboxylic acids is 3. The predicted octanol–water partition coefficient (Wildman–Crippen LogP) is 1.49. The van der Waals surface area contributed by atoms with E-state index in [0.717, 1.165) is 24.2 Å². The molecule has 1 aliphatic heterocycles. The third-order valence-electron chi connectivity index (χ3n) is 5.42. The van der Waals surface area contributed by atoms with Gasteiger partial charge in [-0.15, -0.1) is 0 Å². The van der Waals surface area contributed by atoms with Crippen molar-refractivity contribution in [2.24, 2.45) is 11.8 Å². The Kier molecular flexibility index (Phi) is 6.26. The summed E-state index contributed by atoms with van der Waals surface area (Å²) in [5.74, 6) is -1.48. The second kappa shape index (κ2) is 8.05. The number of aliphatic carboxylic acids is 1. The Morgan fingerprint density at radius 3 is 2.42 bits per heavy atom. The van der Waals surface area contributed by atoms with E-state index < -0.39 is 36.0 Å². The minimum atomic E-state index is -1.13. The lowest BCUT2D eigenvalue weighted by Crippen LogP contribution is -2.50. The molecular formula is C18H29N3O5. The van der Waals surface area contributed by atoms with Crippen LogP contribution >= 0.6 is 0 Å². The van der Waals surface area contributed by atoms with Crippen molar-refractivity contribution >= 4 is 23.8 Å². The minimum absolute atomic E-state index is 0.0881. The van der Waals surface area contributed by atoms with Gasteiger partial charge < -0.3 is 15.7 Å². The average Bonchev–Trinajstić information content (AvgIpc) is 2.79. The number of carbonyl (C=O) groups is 4. The molecule has 0 bridgehead atoms. The average molecular weight is 367 g/mol. The van der Waals surface area contributed by atoms with Crippen molar-refractivity contribution in [1.82, 2.24) is 15.5 Å². The van der Waals surface area contributed by atoms with E-state index >= 15 is 0 Å². The number of amides is 4. The molecule has 26 heavy (non-hydrogen) atoms. The number of nitrogens with zero attached hydrogens (tertiary/aromatic N) is 1. The number of imide groups is 1. The summed E-state index contributed by atoms with van der Waals surface area (Å²) in [5, 5.41) is 14.4. The van der Waals surface area contributed by atoms with E-state index in [0.29, 0.717) is 18.8 Å². The topological polar surface area (TPSA) is 116 Å². The van der Waals surface area contributed by atoms with Crippen LogP contribution in [-0.4, -0.2) is 51.9 Å². The first-order valence-electron chi connectivity index (χ1n) is 9.34. The second-order valence-corrected chi connectivity index (χ2v) is 7.84. The van der Waals surface area contributed by atoms with Gasteiger partial charge in [0.15, 0.2) is 0 Å². The normalized spacial score (nSPS) is 26.9. The van der Waals surface area contributed by atoms with Crippen molar-refractivity contribution < 1.29 is 24.3 Å². The van der Waals surface area contributed by atoms with E-state index in [1.807, 2.05) is 13.8 Å². The number of hydrogen-bond donors (Lipinski definition) is 3. The lowest BCUT2D eigenvalue weighted by Gasteiger charge is -2.34. The molecule has 0 aromatic rings. The van der Waals surface area contributed by atoms with Crippen molar-refractivity contribution in [3.8, 4) is 0 Å². The van der Waals surface area contributed by atoms with Crippen LogP contribution in [0.2, 0.25) is 0 Å². The molecule has 146 valence electrons. The summed E-state index contributed by atoms with van der Waals surface area (Å²) < 4.78 is 0. The smallest absolute Gasteiger partial charge is 0.326 e. The monoisotopic (exact) mass is 367 g/mol. The quantitative estimate of drug-likeness (QED) is 0.590. The molecule has 8 nitrogen and oxygen atoms in total. The molecule has 1 heterocycles. The van der Waals surface area contributed by atoms with Crippen LogP contribution in [-0.2, 0) is 14.4 Å². The molecule has 1 saturated heterocycles. The summed E-state index contributed by atoms with van der Waals surface area (Å²) in [4.78, 5) is 49.4. The van der Waals surface area contributed by atoms with Crippen LogP contribution in [0.4, 0.5) is 4.79 Å². The van der Waals surface area contributed by atoms with Gasteiger partial charge in [-0.05, 0) is 43.9 Å². The van der Waals surface area contributed by atoms with Gasteiger partial charge >= 0.3 is 12.0 Å². The van der Waals surface area contributed by atoms with Crippen LogP contribution in [0.5, 0.6) is 0 Å². The fraction of sp³-hybridized carbons (Fsp3) is 0.778. The fourth-order valence-electron chi connectivity index (χ4n) is 3.81. The molecular weight excluding hydrogens is 338 g/mol. The van der Waals surface area contributed by atoms with Gasteiger partial charge in [0.1, 0.15) is 18.1 Å². The van der Waals surface area contributed by atoms with Gasteiger partial charge in [-0.2, -0.15) is 0 Å². The van der Waals surface area contributed by atoms with Crippen LogP contribution in [0.25, 0.3) is 0 Å². The van der Waals surface area contributed by atoms with E-state index in [-0.39, 0.29) is 18.2 Å². The van der Waals surface area contributed by atoms with Crippen LogP contribution < -0.4 is 10.6 Å². The molecule has 2 fully saturated rings. The molecule has 8 heteroatoms. The van der Waals surface area contributed by atoms with E-state index in [2.05, 4.69) is 17.6 Å². The predicted molar refractivity (Wildman–Crippen MR) is 94.2 cm³/mol. The largest absolute Gasteiger partial charge is 0.480 e. The lowest BCUT2D eigenvalue weighted by atomic mass is 9.75. The van der Waals surface area contributed by atoms with E-state index in [9.17, 15) is 24.3 Å². The Bertz CT molecular complexity index is 581. The van der Waals surface area contributed by atoms with Crippen molar-refractivity contribution in [1.29, 1.82) is 0 Å². The van der Waals surface area contributed by atoms with Gasteiger partial charge in [-0.3, -0.25) is 14.5 Å². The summed E-state index contributed by atoms with van der Waals surface area (Å²) in [6.07, 6.45) is 4.25. The van der Waals surface area contributed by atoms with Crippen LogP contribution in [0.15, 0.2) is 0 Å². The van der Waals surface area contributed by atoms with E-state index in [1.165, 1.54) is 0 Å². The third kappa shape index (κ3) is 4.34. The van der Waals surface area contributed by atoms with Gasteiger partial charge in [-0.25, -0.2) is 9.59 Å². The van der Waals surface area contributed by atoms with E-state index in [4.69, 9.17) is 0 Å². The second-order valence-electron chi connectivity index (χ2n) is 7.84. The first-order chi connectivity index (χ1) is 12.2. The Morgan fingerprint density at radius 2 is 1.92 bits per heavy atom. The zero-order chi connectivity index (χ0) is 19.5. The molecule has 4 amide bonds. The SMILES string of the molecule is CCC1CCC2(CC1)NC(=O)N(CC(=O)N[C@@H](CC(C)C)C(=O)O)C2=O. The Labute approximate surface area is 153 Å². The summed E-state index contributed by atoms with van der Waals surface area (Å²) in [6, 6.07) is -1.60. The van der Waals surface area contributed by atoms with Crippen LogP contribution in [0, 0.1) is 11.8 Å². The standard InChI is InChI=1S/C18H29N3O5/c1-4-12-5-7-18(8-6-12)16(25)21(17(26)20-18)10-14(22)19-13(15(23)24)9-11(2)3/h11-13H,4-10H2,1-3H3,(H,19,22)(H,20,26)(H,23,24)/t12?,13-,18?/m0/s1. The van der Waals surface area contributed by atoms with Crippen molar-refractivity contribution in [3.63, 3.8) is 0 Å². The molecule has 0 radical (unpaired) electrons. The van der Waals surface area contributed by atoms with Crippen LogP contribution in [0.3, 0.4) is 0 Å². The highest BCUT2D eigenvalue weighted by atomic mass is 16.4. The van der Waals surface area contributed by atoms with Gasteiger partial charge in [0.25, 0.3) is 5.91 Å². The fourth-order valence-corrected chi connectivity index (χ4v) is 3.81. The first kappa shape index (κ1) is 20.2. The number of rotatable bonds is 7. The molecule has 0 aromatic heterocycles. The summed E-state index contributed by atoms with van der Waals surface area (Å²) >= 11 is 0. The molecule has 2 aliphatic rings. The number of hydrogen-bond acceptors (Lipinski definition) is 4. The van der Waals surface area contributed by atoms with Crippen molar-refractivity contribution in [2.45, 2.75) is 70.9 Å².